The van der Waals surface area contributed by atoms with Crippen molar-refractivity contribution < 1.29 is 0 Å². The van der Waals surface area contributed by atoms with Crippen molar-refractivity contribution in [3.8, 4) is 22.3 Å². The van der Waals surface area contributed by atoms with Crippen LogP contribution in [0.25, 0.3) is 22.3 Å². The molecule has 0 aliphatic carbocycles. The van der Waals surface area contributed by atoms with Crippen LogP contribution >= 0.6 is 11.6 Å². The van der Waals surface area contributed by atoms with Crippen LogP contribution in [0.5, 0.6) is 0 Å². The summed E-state index contributed by atoms with van der Waals surface area (Å²) in [6, 6.07) is 79.5. The van der Waals surface area contributed by atoms with E-state index in [0.29, 0.717) is 5.02 Å². The molecule has 0 N–H and O–H groups in total. The Balaban J connectivity index is 1.28. The molecule has 1 aliphatic heterocycles. The summed E-state index contributed by atoms with van der Waals surface area (Å²) in [6.45, 7) is 22.8. The zero-order valence-electron chi connectivity index (χ0n) is 43.1. The molecule has 0 saturated heterocycles. The van der Waals surface area contributed by atoms with Crippen molar-refractivity contribution in [2.24, 2.45) is 0 Å². The molecule has 71 heavy (non-hydrogen) atoms. The minimum atomic E-state index is -3.18. The van der Waals surface area contributed by atoms with Gasteiger partial charge in [-0.25, -0.2) is 0 Å². The predicted octanol–water partition coefficient (Wildman–Crippen LogP) is 16.2. The normalized spacial score (nSPS) is 13.6. The van der Waals surface area contributed by atoms with E-state index in [1.165, 1.54) is 48.6 Å². The van der Waals surface area contributed by atoms with Crippen molar-refractivity contribution in [3.63, 3.8) is 0 Å². The van der Waals surface area contributed by atoms with E-state index < -0.39 is 8.07 Å². The van der Waals surface area contributed by atoms with Gasteiger partial charge in [-0.05, 0) is 10.8 Å². The van der Waals surface area contributed by atoms with Crippen molar-refractivity contribution in [2.75, 3.05) is 9.80 Å². The zero-order valence-corrected chi connectivity index (χ0v) is 45.0. The Morgan fingerprint density at radius 3 is 1.37 bits per heavy atom. The van der Waals surface area contributed by atoms with Crippen molar-refractivity contribution in [3.05, 3.63) is 240 Å². The van der Waals surface area contributed by atoms with E-state index in [2.05, 4.69) is 291 Å². The van der Waals surface area contributed by atoms with Gasteiger partial charge in [0.15, 0.2) is 0 Å². The SMILES string of the molecule is Cc1cc(N(c2cccc(C(C)(C)C)c2)c2cccc(C(C)(C)C)c2)c(Cl)c(N(c2ccc3c(c2)-c2ccccc2[SiH-]3(c2ccccc2)c2ccccc2)c2ccc(C(C)(C)C)cc2-c2ccccc2)c1. The summed E-state index contributed by atoms with van der Waals surface area (Å²) >= 11 is 8.26. The van der Waals surface area contributed by atoms with E-state index in [1.807, 2.05) is 0 Å². The number of hydrogen-bond donors (Lipinski definition) is 0. The van der Waals surface area contributed by atoms with Crippen molar-refractivity contribution >= 4 is 74.5 Å². The van der Waals surface area contributed by atoms with Gasteiger partial charge >= 0.3 is 367 Å². The molecule has 0 saturated carbocycles. The van der Waals surface area contributed by atoms with Crippen LogP contribution in [0, 0.1) is 6.92 Å². The van der Waals surface area contributed by atoms with Crippen LogP contribution in [0.1, 0.15) is 84.6 Å². The number of hydrogen-bond acceptors (Lipinski definition) is 2. The van der Waals surface area contributed by atoms with Crippen LogP contribution in [0.4, 0.5) is 34.1 Å². The number of halogens is 1. The molecule has 356 valence electrons. The molecule has 9 aromatic rings. The van der Waals surface area contributed by atoms with E-state index in [-0.39, 0.29) is 16.2 Å². The first-order chi connectivity index (χ1) is 33.9. The fourth-order valence-corrected chi connectivity index (χ4v) is 17.4. The Morgan fingerprint density at radius 2 is 0.817 bits per heavy atom. The Labute approximate surface area is 429 Å². The molecule has 10 rings (SSSR count). The average molecular weight is 963 g/mol. The van der Waals surface area contributed by atoms with Gasteiger partial charge in [-0.2, -0.15) is 0 Å². The zero-order chi connectivity index (χ0) is 49.9. The molecule has 1 heterocycles. The van der Waals surface area contributed by atoms with E-state index in [1.54, 1.807) is 0 Å². The fraction of sp³-hybridized carbons (Fsp3) is 0.194. The van der Waals surface area contributed by atoms with Crippen molar-refractivity contribution in [1.82, 2.24) is 0 Å². The van der Waals surface area contributed by atoms with Crippen molar-refractivity contribution in [2.45, 2.75) is 85.5 Å². The number of nitrogens with zero attached hydrogens (tertiary/aromatic N) is 2. The quantitative estimate of drug-likeness (QED) is 0.133. The molecular weight excluding hydrogens is 896 g/mol. The molecule has 0 radical (unpaired) electrons. The van der Waals surface area contributed by atoms with E-state index in [9.17, 15) is 0 Å². The molecule has 0 bridgehead atoms. The molecule has 0 amide bonds. The summed E-state index contributed by atoms with van der Waals surface area (Å²) in [5.74, 6) is 0. The Hall–Kier alpha value is -6.91. The number of benzene rings is 9. The topological polar surface area (TPSA) is 6.48 Å². The van der Waals surface area contributed by atoms with Gasteiger partial charge in [-0.1, -0.05) is 53.7 Å². The summed E-state index contributed by atoms with van der Waals surface area (Å²) in [5.41, 5.74) is 15.6. The van der Waals surface area contributed by atoms with Gasteiger partial charge in [0, 0.05) is 0 Å². The third-order valence-corrected chi connectivity index (χ3v) is 20.9. The Kier molecular flexibility index (Phi) is 12.3. The first kappa shape index (κ1) is 47.7. The molecule has 0 spiro atoms. The second kappa shape index (κ2) is 18.4. The summed E-state index contributed by atoms with van der Waals surface area (Å²) in [5, 5.41) is 6.34. The Morgan fingerprint density at radius 1 is 0.352 bits per heavy atom. The second-order valence-electron chi connectivity index (χ2n) is 22.8. The van der Waals surface area contributed by atoms with E-state index >= 15 is 0 Å². The fourth-order valence-electron chi connectivity index (χ4n) is 11.1. The third-order valence-electron chi connectivity index (χ3n) is 14.9. The monoisotopic (exact) mass is 961 g/mol. The second-order valence-corrected chi connectivity index (χ2v) is 27.5. The third kappa shape index (κ3) is 8.74. The van der Waals surface area contributed by atoms with Gasteiger partial charge < -0.3 is 0 Å². The van der Waals surface area contributed by atoms with Crippen LogP contribution in [0.3, 0.4) is 0 Å². The van der Waals surface area contributed by atoms with E-state index in [0.717, 1.165) is 50.8 Å². The molecule has 0 aromatic heterocycles. The summed E-state index contributed by atoms with van der Waals surface area (Å²) in [7, 11) is -3.18. The van der Waals surface area contributed by atoms with Crippen LogP contribution < -0.4 is 30.5 Å². The predicted molar refractivity (Wildman–Crippen MR) is 311 cm³/mol. The van der Waals surface area contributed by atoms with Crippen LogP contribution in [0.15, 0.2) is 212 Å². The number of anilines is 6. The average Bonchev–Trinajstić information content (AvgIpc) is 3.66. The molecular formula is C67H66ClN2Si-. The van der Waals surface area contributed by atoms with Gasteiger partial charge in [0.05, 0.1) is 0 Å². The molecule has 4 heteroatoms. The number of aryl methyl sites for hydroxylation is 1. The van der Waals surface area contributed by atoms with Gasteiger partial charge in [0.1, 0.15) is 0 Å². The van der Waals surface area contributed by atoms with Gasteiger partial charge in [0.2, 0.25) is 0 Å². The summed E-state index contributed by atoms with van der Waals surface area (Å²) in [4.78, 5) is 4.82. The van der Waals surface area contributed by atoms with E-state index in [4.69, 9.17) is 11.6 Å². The first-order valence-corrected chi connectivity index (χ1v) is 28.0. The minimum absolute atomic E-state index is 0.0609. The Bertz CT molecular complexity index is 3300. The summed E-state index contributed by atoms with van der Waals surface area (Å²) < 4.78 is 0. The maximum atomic E-state index is 8.26. The van der Waals surface area contributed by atoms with Gasteiger partial charge in [-0.15, -0.1) is 0 Å². The van der Waals surface area contributed by atoms with Crippen LogP contribution in [-0.2, 0) is 16.2 Å². The molecule has 9 aromatic carbocycles. The first-order valence-electron chi connectivity index (χ1n) is 25.3. The number of rotatable bonds is 9. The number of fused-ring (bicyclic) bond motifs is 3. The molecule has 0 atom stereocenters. The molecule has 0 unspecified atom stereocenters. The maximum absolute atomic E-state index is 8.26. The molecule has 1 aliphatic rings. The molecule has 0 fully saturated rings. The van der Waals surface area contributed by atoms with Gasteiger partial charge in [-0.3, -0.25) is 0 Å². The standard InChI is InChI=1S/C67H66ClN2Si/c1-46-40-60(69(51-28-22-26-48(42-51)65(2,3)4)52-29-23-27-49(43-52)66(5,6)7)64(68)61(41-46)70(59-38-36-50(67(8,9)10)44-57(59)47-24-14-11-15-25-47)53-37-39-63-58(45-53)56-34-20-21-35-62(56)71(63,54-30-16-12-17-31-54)55-32-18-13-19-33-55/h11-45,71H,1-10H3/q-1. The van der Waals surface area contributed by atoms with Crippen molar-refractivity contribution in [1.29, 1.82) is 0 Å². The summed E-state index contributed by atoms with van der Waals surface area (Å²) in [6.07, 6.45) is 0. The van der Waals surface area contributed by atoms with Gasteiger partial charge in [0.25, 0.3) is 0 Å². The van der Waals surface area contributed by atoms with Crippen LogP contribution in [-0.4, -0.2) is 8.07 Å². The molecule has 2 nitrogen and oxygen atoms in total. The van der Waals surface area contributed by atoms with Crippen LogP contribution in [0.2, 0.25) is 5.02 Å².